The lowest BCUT2D eigenvalue weighted by molar-refractivity contribution is 0.435. The highest BCUT2D eigenvalue weighted by molar-refractivity contribution is 5.73. The number of hydrogen-bond donors (Lipinski definition) is 2. The summed E-state index contributed by atoms with van der Waals surface area (Å²) in [5.41, 5.74) is 4.05. The van der Waals surface area contributed by atoms with Crippen molar-refractivity contribution in [2.24, 2.45) is 0 Å². The van der Waals surface area contributed by atoms with Gasteiger partial charge < -0.3 is 15.3 Å². The van der Waals surface area contributed by atoms with E-state index in [2.05, 4.69) is 20.4 Å². The summed E-state index contributed by atoms with van der Waals surface area (Å²) in [4.78, 5) is 2.38. The van der Waals surface area contributed by atoms with Crippen molar-refractivity contribution in [2.45, 2.75) is 32.2 Å². The van der Waals surface area contributed by atoms with Crippen LogP contribution < -0.4 is 10.2 Å². The summed E-state index contributed by atoms with van der Waals surface area (Å²) in [7, 11) is 0. The molecule has 0 saturated carbocycles. The molecule has 2 N–H and O–H groups in total. The smallest absolute Gasteiger partial charge is 0.155 e. The van der Waals surface area contributed by atoms with Crippen molar-refractivity contribution in [3.63, 3.8) is 0 Å². The maximum absolute atomic E-state index is 10.3. The molecule has 1 aromatic carbocycles. The molecule has 2 aliphatic rings. The molecule has 0 amide bonds. The Morgan fingerprint density at radius 2 is 2.24 bits per heavy atom. The lowest BCUT2D eigenvalue weighted by Gasteiger charge is -2.32. The Kier molecular flexibility index (Phi) is 4.02. The summed E-state index contributed by atoms with van der Waals surface area (Å²) in [5, 5.41) is 31.6. The first-order chi connectivity index (χ1) is 12.2. The van der Waals surface area contributed by atoms with E-state index in [0.717, 1.165) is 37.4 Å². The van der Waals surface area contributed by atoms with E-state index < -0.39 is 0 Å². The molecule has 6 nitrogen and oxygen atoms in total. The minimum absolute atomic E-state index is 0.0720. The Labute approximate surface area is 147 Å². The van der Waals surface area contributed by atoms with Crippen LogP contribution in [0.1, 0.15) is 29.5 Å². The van der Waals surface area contributed by atoms with E-state index >= 15 is 0 Å². The minimum atomic E-state index is 0.0720. The zero-order valence-corrected chi connectivity index (χ0v) is 14.3. The largest absolute Gasteiger partial charge is 0.507 e. The molecule has 1 aromatic heterocycles. The summed E-state index contributed by atoms with van der Waals surface area (Å²) in [6.45, 7) is 5.11. The zero-order valence-electron chi connectivity index (χ0n) is 14.3. The highest BCUT2D eigenvalue weighted by Crippen LogP contribution is 2.37. The van der Waals surface area contributed by atoms with Crippen LogP contribution in [0.2, 0.25) is 0 Å². The van der Waals surface area contributed by atoms with Crippen LogP contribution in [0, 0.1) is 18.3 Å². The number of nitrogens with one attached hydrogen (secondary N) is 1. The number of nitrogens with zero attached hydrogens (tertiary/aromatic N) is 4. The van der Waals surface area contributed by atoms with Crippen LogP contribution in [0.25, 0.3) is 11.3 Å². The summed E-state index contributed by atoms with van der Waals surface area (Å²) < 4.78 is 0. The van der Waals surface area contributed by atoms with E-state index in [1.807, 2.05) is 13.0 Å². The number of phenols is 1. The first-order valence-electron chi connectivity index (χ1n) is 8.76. The standard InChI is InChI=1S/C19H21N5O/c1-12-15-6-8-24(14-3-2-7-21-11-14)19(15)23-22-18(12)16-5-4-13(10-20)9-17(16)25/h4-5,9,14,21,25H,2-3,6-8,11H2,1H3/t14-/m0/s1. The zero-order chi connectivity index (χ0) is 17.4. The Morgan fingerprint density at radius 1 is 1.36 bits per heavy atom. The molecule has 3 heterocycles. The van der Waals surface area contributed by atoms with Crippen LogP contribution in [-0.4, -0.2) is 41.0 Å². The van der Waals surface area contributed by atoms with Gasteiger partial charge in [-0.2, -0.15) is 5.26 Å². The molecule has 0 radical (unpaired) electrons. The van der Waals surface area contributed by atoms with Crippen LogP contribution in [-0.2, 0) is 6.42 Å². The number of fused-ring (bicyclic) bond motifs is 1. The van der Waals surface area contributed by atoms with Crippen molar-refractivity contribution >= 4 is 5.82 Å². The first-order valence-corrected chi connectivity index (χ1v) is 8.76. The number of hydrogen-bond acceptors (Lipinski definition) is 6. The molecule has 0 spiro atoms. The molecule has 1 fully saturated rings. The van der Waals surface area contributed by atoms with E-state index in [-0.39, 0.29) is 5.75 Å². The third kappa shape index (κ3) is 2.71. The van der Waals surface area contributed by atoms with Crippen LogP contribution in [0.3, 0.4) is 0 Å². The van der Waals surface area contributed by atoms with Gasteiger partial charge in [0.2, 0.25) is 0 Å². The average Bonchev–Trinajstić information content (AvgIpc) is 3.08. The molecule has 25 heavy (non-hydrogen) atoms. The quantitative estimate of drug-likeness (QED) is 0.875. The Bertz CT molecular complexity index is 852. The van der Waals surface area contributed by atoms with E-state index in [4.69, 9.17) is 5.26 Å². The predicted molar refractivity (Wildman–Crippen MR) is 95.5 cm³/mol. The van der Waals surface area contributed by atoms with E-state index in [9.17, 15) is 5.11 Å². The number of nitriles is 1. The topological polar surface area (TPSA) is 85.1 Å². The molecule has 4 rings (SSSR count). The number of anilines is 1. The number of aromatic nitrogens is 2. The number of rotatable bonds is 2. The van der Waals surface area contributed by atoms with Gasteiger partial charge in [-0.15, -0.1) is 10.2 Å². The Hall–Kier alpha value is -2.65. The highest BCUT2D eigenvalue weighted by Gasteiger charge is 2.31. The third-order valence-electron chi connectivity index (χ3n) is 5.29. The molecular formula is C19H21N5O. The minimum Gasteiger partial charge on any atom is -0.507 e. The second-order valence-corrected chi connectivity index (χ2v) is 6.76. The van der Waals surface area contributed by atoms with Gasteiger partial charge in [0, 0.05) is 30.3 Å². The van der Waals surface area contributed by atoms with Gasteiger partial charge in [-0.3, -0.25) is 0 Å². The van der Waals surface area contributed by atoms with Crippen LogP contribution in [0.15, 0.2) is 18.2 Å². The number of phenolic OH excluding ortho intramolecular Hbond substituents is 1. The van der Waals surface area contributed by atoms with Crippen molar-refractivity contribution in [3.05, 3.63) is 34.9 Å². The predicted octanol–water partition coefficient (Wildman–Crippen LogP) is 2.14. The van der Waals surface area contributed by atoms with Gasteiger partial charge in [-0.05, 0) is 56.5 Å². The average molecular weight is 335 g/mol. The van der Waals surface area contributed by atoms with Gasteiger partial charge in [0.25, 0.3) is 0 Å². The molecular weight excluding hydrogens is 314 g/mol. The molecule has 0 unspecified atom stereocenters. The van der Waals surface area contributed by atoms with Gasteiger partial charge in [-0.25, -0.2) is 0 Å². The molecule has 6 heteroatoms. The van der Waals surface area contributed by atoms with Gasteiger partial charge >= 0.3 is 0 Å². The fourth-order valence-electron chi connectivity index (χ4n) is 3.92. The molecule has 128 valence electrons. The summed E-state index contributed by atoms with van der Waals surface area (Å²) in [6.07, 6.45) is 3.34. The van der Waals surface area contributed by atoms with Gasteiger partial charge in [-0.1, -0.05) is 0 Å². The van der Waals surface area contributed by atoms with Crippen LogP contribution in [0.4, 0.5) is 5.82 Å². The van der Waals surface area contributed by atoms with Crippen LogP contribution in [0.5, 0.6) is 5.75 Å². The Balaban J connectivity index is 1.71. The SMILES string of the molecule is Cc1c(-c2ccc(C#N)cc2O)nnc2c1CCN2[C@H]1CCCNC1. The third-order valence-corrected chi connectivity index (χ3v) is 5.29. The molecule has 1 atom stereocenters. The fourth-order valence-corrected chi connectivity index (χ4v) is 3.92. The van der Waals surface area contributed by atoms with E-state index in [1.165, 1.54) is 24.5 Å². The van der Waals surface area contributed by atoms with Crippen molar-refractivity contribution in [1.82, 2.24) is 15.5 Å². The normalized spacial score (nSPS) is 19.5. The summed E-state index contributed by atoms with van der Waals surface area (Å²) in [6, 6.07) is 7.44. The van der Waals surface area contributed by atoms with Gasteiger partial charge in [0.05, 0.1) is 17.3 Å². The molecule has 0 bridgehead atoms. The van der Waals surface area contributed by atoms with Crippen molar-refractivity contribution < 1.29 is 5.11 Å². The van der Waals surface area contributed by atoms with Gasteiger partial charge in [0.15, 0.2) is 5.82 Å². The lowest BCUT2D eigenvalue weighted by atomic mass is 10.0. The lowest BCUT2D eigenvalue weighted by Crippen LogP contribution is -2.45. The van der Waals surface area contributed by atoms with E-state index in [1.54, 1.807) is 12.1 Å². The highest BCUT2D eigenvalue weighted by atomic mass is 16.3. The second-order valence-electron chi connectivity index (χ2n) is 6.76. The molecule has 0 aliphatic carbocycles. The number of benzene rings is 1. The monoisotopic (exact) mass is 335 g/mol. The molecule has 1 saturated heterocycles. The first kappa shape index (κ1) is 15.9. The number of piperidine rings is 1. The summed E-state index contributed by atoms with van der Waals surface area (Å²) in [5.74, 6) is 1.06. The summed E-state index contributed by atoms with van der Waals surface area (Å²) >= 11 is 0. The van der Waals surface area contributed by atoms with E-state index in [0.29, 0.717) is 22.9 Å². The molecule has 2 aromatic rings. The van der Waals surface area contributed by atoms with Crippen LogP contribution >= 0.6 is 0 Å². The Morgan fingerprint density at radius 3 is 2.96 bits per heavy atom. The van der Waals surface area contributed by atoms with Crippen molar-refractivity contribution in [3.8, 4) is 23.1 Å². The van der Waals surface area contributed by atoms with Crippen molar-refractivity contribution in [1.29, 1.82) is 5.26 Å². The maximum Gasteiger partial charge on any atom is 0.155 e. The second kappa shape index (κ2) is 6.34. The fraction of sp³-hybridized carbons (Fsp3) is 0.421. The number of aromatic hydroxyl groups is 1. The van der Waals surface area contributed by atoms with Gasteiger partial charge in [0.1, 0.15) is 5.75 Å². The molecule has 2 aliphatic heterocycles. The maximum atomic E-state index is 10.3. The van der Waals surface area contributed by atoms with Crippen molar-refractivity contribution in [2.75, 3.05) is 24.5 Å².